The van der Waals surface area contributed by atoms with Crippen molar-refractivity contribution < 1.29 is 4.74 Å². The first-order valence-electron chi connectivity index (χ1n) is 4.01. The number of rotatable bonds is 1. The van der Waals surface area contributed by atoms with E-state index in [0.29, 0.717) is 0 Å². The third kappa shape index (κ3) is 2.42. The highest BCUT2D eigenvalue weighted by Crippen LogP contribution is 2.19. The van der Waals surface area contributed by atoms with E-state index in [1.165, 1.54) is 0 Å². The Morgan fingerprint density at radius 1 is 1.50 bits per heavy atom. The fraction of sp³-hybridized carbons (Fsp3) is 0.400. The number of halogens is 1. The summed E-state index contributed by atoms with van der Waals surface area (Å²) in [5.74, 6) is 1.03. The Labute approximate surface area is 78.4 Å². The van der Waals surface area contributed by atoms with Gasteiger partial charge in [-0.1, -0.05) is 17.7 Å². The zero-order valence-electron chi connectivity index (χ0n) is 7.43. The largest absolute Gasteiger partial charge is 0.501 e. The van der Waals surface area contributed by atoms with Gasteiger partial charge in [0.1, 0.15) is 0 Å². The third-order valence-electron chi connectivity index (χ3n) is 1.86. The standard InChI is InChI=1S/C10H13ClO/c1-8-7-9(11)5-3-4-6-10(8)12-2/h3,5,7H,4,6H2,1-2H3/b5-3-,9-7+,10-8+. The summed E-state index contributed by atoms with van der Waals surface area (Å²) >= 11 is 5.90. The van der Waals surface area contributed by atoms with Gasteiger partial charge in [0.2, 0.25) is 0 Å². The minimum atomic E-state index is 0.766. The molecule has 0 saturated heterocycles. The van der Waals surface area contributed by atoms with E-state index < -0.39 is 0 Å². The first kappa shape index (κ1) is 9.40. The van der Waals surface area contributed by atoms with Gasteiger partial charge in [0, 0.05) is 11.5 Å². The van der Waals surface area contributed by atoms with Gasteiger partial charge in [0.05, 0.1) is 12.9 Å². The predicted molar refractivity (Wildman–Crippen MR) is 52.0 cm³/mol. The maximum atomic E-state index is 5.90. The van der Waals surface area contributed by atoms with Gasteiger partial charge in [-0.25, -0.2) is 0 Å². The van der Waals surface area contributed by atoms with E-state index in [0.717, 1.165) is 29.2 Å². The topological polar surface area (TPSA) is 9.23 Å². The molecule has 1 rings (SSSR count). The van der Waals surface area contributed by atoms with E-state index in [9.17, 15) is 0 Å². The van der Waals surface area contributed by atoms with Gasteiger partial charge in [0.15, 0.2) is 0 Å². The fourth-order valence-corrected chi connectivity index (χ4v) is 1.46. The van der Waals surface area contributed by atoms with Crippen LogP contribution in [0.4, 0.5) is 0 Å². The summed E-state index contributed by atoms with van der Waals surface area (Å²) in [5.41, 5.74) is 1.12. The predicted octanol–water partition coefficient (Wildman–Crippen LogP) is 3.38. The molecule has 0 amide bonds. The van der Waals surface area contributed by atoms with Crippen LogP contribution < -0.4 is 0 Å². The average Bonchev–Trinajstić information content (AvgIpc) is 2.01. The lowest BCUT2D eigenvalue weighted by atomic mass is 10.1. The van der Waals surface area contributed by atoms with Crippen molar-refractivity contribution in [2.75, 3.05) is 7.11 Å². The Bertz CT molecular complexity index is 249. The van der Waals surface area contributed by atoms with Crippen LogP contribution in [0.3, 0.4) is 0 Å². The summed E-state index contributed by atoms with van der Waals surface area (Å²) in [6, 6.07) is 0. The maximum Gasteiger partial charge on any atom is 0.0988 e. The second kappa shape index (κ2) is 4.36. The summed E-state index contributed by atoms with van der Waals surface area (Å²) in [6.45, 7) is 2.01. The van der Waals surface area contributed by atoms with Crippen LogP contribution in [-0.4, -0.2) is 7.11 Å². The van der Waals surface area contributed by atoms with Crippen molar-refractivity contribution >= 4 is 11.6 Å². The van der Waals surface area contributed by atoms with Crippen molar-refractivity contribution in [3.63, 3.8) is 0 Å². The van der Waals surface area contributed by atoms with Crippen LogP contribution in [-0.2, 0) is 4.74 Å². The molecule has 2 heteroatoms. The van der Waals surface area contributed by atoms with Gasteiger partial charge >= 0.3 is 0 Å². The van der Waals surface area contributed by atoms with Crippen LogP contribution in [0.5, 0.6) is 0 Å². The number of hydrogen-bond donors (Lipinski definition) is 0. The number of allylic oxidation sites excluding steroid dienone is 6. The minimum absolute atomic E-state index is 0.766. The summed E-state index contributed by atoms with van der Waals surface area (Å²) in [7, 11) is 1.70. The Morgan fingerprint density at radius 3 is 2.92 bits per heavy atom. The molecule has 1 aliphatic carbocycles. The van der Waals surface area contributed by atoms with Gasteiger partial charge in [0.25, 0.3) is 0 Å². The molecule has 0 spiro atoms. The molecule has 0 aromatic heterocycles. The molecule has 0 N–H and O–H groups in total. The van der Waals surface area contributed by atoms with Crippen molar-refractivity contribution in [2.24, 2.45) is 0 Å². The molecule has 12 heavy (non-hydrogen) atoms. The lowest BCUT2D eigenvalue weighted by Gasteiger charge is -2.09. The Hall–Kier alpha value is -0.690. The first-order valence-corrected chi connectivity index (χ1v) is 4.39. The van der Waals surface area contributed by atoms with Gasteiger partial charge in [-0.2, -0.15) is 0 Å². The highest BCUT2D eigenvalue weighted by atomic mass is 35.5. The number of ether oxygens (including phenoxy) is 1. The van der Waals surface area contributed by atoms with E-state index in [4.69, 9.17) is 16.3 Å². The quantitative estimate of drug-likeness (QED) is 0.607. The molecule has 0 aliphatic heterocycles. The Morgan fingerprint density at radius 2 is 2.25 bits per heavy atom. The van der Waals surface area contributed by atoms with E-state index in [1.54, 1.807) is 7.11 Å². The third-order valence-corrected chi connectivity index (χ3v) is 2.09. The van der Waals surface area contributed by atoms with Crippen molar-refractivity contribution in [1.82, 2.24) is 0 Å². The Kier molecular flexibility index (Phi) is 3.42. The molecule has 0 unspecified atom stereocenters. The number of methoxy groups -OCH3 is 1. The molecule has 0 atom stereocenters. The zero-order valence-corrected chi connectivity index (χ0v) is 8.19. The van der Waals surface area contributed by atoms with Crippen LogP contribution in [0.25, 0.3) is 0 Å². The van der Waals surface area contributed by atoms with Gasteiger partial charge < -0.3 is 4.74 Å². The normalized spacial score (nSPS) is 31.4. The van der Waals surface area contributed by atoms with E-state index in [2.05, 4.69) is 6.08 Å². The van der Waals surface area contributed by atoms with E-state index in [-0.39, 0.29) is 0 Å². The smallest absolute Gasteiger partial charge is 0.0988 e. The second-order valence-electron chi connectivity index (χ2n) is 2.78. The highest BCUT2D eigenvalue weighted by molar-refractivity contribution is 6.31. The molecular weight excluding hydrogens is 172 g/mol. The van der Waals surface area contributed by atoms with Gasteiger partial charge in [-0.3, -0.25) is 0 Å². The van der Waals surface area contributed by atoms with Crippen LogP contribution in [0, 0.1) is 0 Å². The minimum Gasteiger partial charge on any atom is -0.501 e. The summed E-state index contributed by atoms with van der Waals surface area (Å²) in [4.78, 5) is 0. The van der Waals surface area contributed by atoms with Crippen molar-refractivity contribution in [1.29, 1.82) is 0 Å². The molecule has 0 aromatic carbocycles. The molecule has 0 fully saturated rings. The molecule has 0 bridgehead atoms. The molecular formula is C10H13ClO. The highest BCUT2D eigenvalue weighted by Gasteiger charge is 2.02. The summed E-state index contributed by atoms with van der Waals surface area (Å²) < 4.78 is 5.23. The Balaban J connectivity index is 2.92. The van der Waals surface area contributed by atoms with Gasteiger partial charge in [-0.15, -0.1) is 0 Å². The van der Waals surface area contributed by atoms with Crippen LogP contribution in [0.1, 0.15) is 19.8 Å². The zero-order chi connectivity index (χ0) is 8.97. The van der Waals surface area contributed by atoms with E-state index in [1.807, 2.05) is 19.1 Å². The lowest BCUT2D eigenvalue weighted by molar-refractivity contribution is 0.274. The lowest BCUT2D eigenvalue weighted by Crippen LogP contribution is -1.92. The monoisotopic (exact) mass is 184 g/mol. The summed E-state index contributed by atoms with van der Waals surface area (Å²) in [6.07, 6.45) is 7.86. The fourth-order valence-electron chi connectivity index (χ4n) is 1.21. The van der Waals surface area contributed by atoms with Crippen molar-refractivity contribution in [2.45, 2.75) is 19.8 Å². The van der Waals surface area contributed by atoms with Crippen molar-refractivity contribution in [3.8, 4) is 0 Å². The average molecular weight is 185 g/mol. The SMILES string of the molecule is CO/C1=C(C)/C=C(Cl)\C=C/CC1. The molecule has 0 aromatic rings. The van der Waals surface area contributed by atoms with E-state index >= 15 is 0 Å². The molecule has 1 nitrogen and oxygen atoms in total. The summed E-state index contributed by atoms with van der Waals surface area (Å²) in [5, 5.41) is 0.766. The van der Waals surface area contributed by atoms with Crippen molar-refractivity contribution in [3.05, 3.63) is 34.6 Å². The van der Waals surface area contributed by atoms with Gasteiger partial charge in [-0.05, 0) is 31.1 Å². The molecule has 0 radical (unpaired) electrons. The van der Waals surface area contributed by atoms with Crippen LogP contribution in [0.2, 0.25) is 0 Å². The molecule has 66 valence electrons. The molecule has 0 saturated carbocycles. The van der Waals surface area contributed by atoms with Crippen LogP contribution >= 0.6 is 11.6 Å². The maximum absolute atomic E-state index is 5.90. The first-order chi connectivity index (χ1) is 5.74. The molecule has 1 aliphatic rings. The number of hydrogen-bond acceptors (Lipinski definition) is 1. The molecule has 0 heterocycles. The second-order valence-corrected chi connectivity index (χ2v) is 3.22. The van der Waals surface area contributed by atoms with Crippen LogP contribution in [0.15, 0.2) is 34.6 Å².